The summed E-state index contributed by atoms with van der Waals surface area (Å²) in [6.45, 7) is -0.332. The Bertz CT molecular complexity index is 2000. The van der Waals surface area contributed by atoms with Gasteiger partial charge in [0.15, 0.2) is 11.6 Å². The van der Waals surface area contributed by atoms with Gasteiger partial charge in [-0.2, -0.15) is 0 Å². The molecule has 0 bridgehead atoms. The van der Waals surface area contributed by atoms with E-state index in [4.69, 9.17) is 4.42 Å². The van der Waals surface area contributed by atoms with Crippen molar-refractivity contribution in [1.29, 1.82) is 0 Å². The Morgan fingerprint density at radius 3 is 2.21 bits per heavy atom. The van der Waals surface area contributed by atoms with Gasteiger partial charge in [0.2, 0.25) is 11.8 Å². The van der Waals surface area contributed by atoms with Crippen LogP contribution in [0.3, 0.4) is 0 Å². The van der Waals surface area contributed by atoms with E-state index in [2.05, 4.69) is 15.9 Å². The number of imide groups is 1. The molecular formula is C39H30BrNO6. The number of hydrogen-bond donors (Lipinski definition) is 1. The molecule has 8 heteroatoms. The molecule has 1 aromatic heterocycles. The standard InChI is InChI=1S/C39H30BrNO6/c40-24-11-13-25(14-12-24)41-37(45)28-17-16-27-30(34(28)38(41)46)19-31-36(44)29(22-7-3-1-4-8-22)20-33(43)39(31,23-9-5-2-6-10-23)35(27)32-18-15-26(21-42)47-32/h1-16,18,20,28,30-31,34-35,42H,17,19,21H2/t28-,30+,31-,34-,35+,39-/m0/s1. The molecule has 1 saturated heterocycles. The van der Waals surface area contributed by atoms with Crippen LogP contribution in [0.4, 0.5) is 5.69 Å². The van der Waals surface area contributed by atoms with Crippen molar-refractivity contribution in [3.8, 4) is 0 Å². The molecule has 7 nitrogen and oxygen atoms in total. The van der Waals surface area contributed by atoms with Gasteiger partial charge in [-0.05, 0) is 72.4 Å². The Labute approximate surface area is 279 Å². The van der Waals surface area contributed by atoms with Crippen molar-refractivity contribution < 1.29 is 28.7 Å². The zero-order chi connectivity index (χ0) is 32.4. The van der Waals surface area contributed by atoms with Crippen molar-refractivity contribution >= 4 is 50.6 Å². The molecule has 3 aliphatic carbocycles. The van der Waals surface area contributed by atoms with Crippen LogP contribution in [0.15, 0.2) is 124 Å². The summed E-state index contributed by atoms with van der Waals surface area (Å²) in [6, 6.07) is 29.1. The lowest BCUT2D eigenvalue weighted by atomic mass is 9.45. The van der Waals surface area contributed by atoms with E-state index in [1.54, 1.807) is 36.4 Å². The van der Waals surface area contributed by atoms with Crippen LogP contribution in [0.25, 0.3) is 5.57 Å². The van der Waals surface area contributed by atoms with Crippen molar-refractivity contribution in [2.75, 3.05) is 4.90 Å². The summed E-state index contributed by atoms with van der Waals surface area (Å²) in [4.78, 5) is 59.4. The minimum atomic E-state index is -1.37. The van der Waals surface area contributed by atoms with Gasteiger partial charge in [0.05, 0.1) is 28.9 Å². The fourth-order valence-corrected chi connectivity index (χ4v) is 8.93. The lowest BCUT2D eigenvalue weighted by molar-refractivity contribution is -0.135. The summed E-state index contributed by atoms with van der Waals surface area (Å²) in [7, 11) is 0. The van der Waals surface area contributed by atoms with Crippen LogP contribution < -0.4 is 4.90 Å². The van der Waals surface area contributed by atoms with Gasteiger partial charge >= 0.3 is 0 Å². The quantitative estimate of drug-likeness (QED) is 0.188. The third-order valence-electron chi connectivity index (χ3n) is 10.6. The van der Waals surface area contributed by atoms with Crippen LogP contribution in [-0.4, -0.2) is 28.5 Å². The SMILES string of the molecule is O=C1C(c2ccccc2)=CC(=O)[C@@]2(c3ccccc3)[C@@H](c3ccc(CO)o3)C3=CC[C@@H]4C(=O)N(c5ccc(Br)cc5)C(=O)[C@@H]4[C@@H]3C[C@@H]12. The zero-order valence-electron chi connectivity index (χ0n) is 25.2. The predicted octanol–water partition coefficient (Wildman–Crippen LogP) is 6.56. The van der Waals surface area contributed by atoms with E-state index in [-0.39, 0.29) is 36.4 Å². The first-order valence-corrected chi connectivity index (χ1v) is 16.6. The molecule has 3 aromatic carbocycles. The number of benzene rings is 3. The van der Waals surface area contributed by atoms with Crippen LogP contribution >= 0.6 is 15.9 Å². The first kappa shape index (κ1) is 29.7. The molecule has 1 N–H and O–H groups in total. The highest BCUT2D eigenvalue weighted by Crippen LogP contribution is 2.63. The number of allylic oxidation sites excluding steroid dienone is 4. The van der Waals surface area contributed by atoms with Gasteiger partial charge < -0.3 is 9.52 Å². The summed E-state index contributed by atoms with van der Waals surface area (Å²) in [5.74, 6) is -3.56. The number of aliphatic hydroxyl groups is 1. The fourth-order valence-electron chi connectivity index (χ4n) is 8.66. The molecule has 0 unspecified atom stereocenters. The molecule has 2 heterocycles. The highest BCUT2D eigenvalue weighted by atomic mass is 79.9. The second-order valence-corrected chi connectivity index (χ2v) is 13.7. The summed E-state index contributed by atoms with van der Waals surface area (Å²) in [5, 5.41) is 9.96. The van der Waals surface area contributed by atoms with Gasteiger partial charge in [0.25, 0.3) is 0 Å². The van der Waals surface area contributed by atoms with E-state index < -0.39 is 35.0 Å². The van der Waals surface area contributed by atoms with Gasteiger partial charge in [-0.25, -0.2) is 0 Å². The average Bonchev–Trinajstić information content (AvgIpc) is 3.68. The first-order valence-electron chi connectivity index (χ1n) is 15.8. The monoisotopic (exact) mass is 687 g/mol. The Balaban J connectivity index is 1.34. The number of furan rings is 1. The molecule has 8 rings (SSSR count). The van der Waals surface area contributed by atoms with Gasteiger partial charge in [0.1, 0.15) is 18.1 Å². The number of Topliss-reactive ketones (excluding diaryl/α,β-unsaturated/α-hetero) is 1. The lowest BCUT2D eigenvalue weighted by Crippen LogP contribution is -2.58. The number of anilines is 1. The minimum Gasteiger partial charge on any atom is -0.463 e. The molecule has 0 radical (unpaired) electrons. The van der Waals surface area contributed by atoms with E-state index in [0.717, 1.165) is 10.0 Å². The van der Waals surface area contributed by atoms with E-state index >= 15 is 0 Å². The van der Waals surface area contributed by atoms with Crippen LogP contribution in [-0.2, 0) is 31.2 Å². The number of aliphatic hydroxyl groups excluding tert-OH is 1. The molecule has 2 fully saturated rings. The maximum Gasteiger partial charge on any atom is 0.238 e. The van der Waals surface area contributed by atoms with E-state index in [9.17, 15) is 24.3 Å². The Hall–Kier alpha value is -4.66. The van der Waals surface area contributed by atoms with Crippen molar-refractivity contribution in [2.45, 2.75) is 30.8 Å². The van der Waals surface area contributed by atoms with Gasteiger partial charge in [-0.3, -0.25) is 24.1 Å². The van der Waals surface area contributed by atoms with Gasteiger partial charge in [0, 0.05) is 16.0 Å². The Morgan fingerprint density at radius 2 is 1.53 bits per heavy atom. The second kappa shape index (κ2) is 11.2. The normalized spacial score (nSPS) is 28.4. The number of ketones is 2. The summed E-state index contributed by atoms with van der Waals surface area (Å²) in [5.41, 5.74) is 1.63. The third-order valence-corrected chi connectivity index (χ3v) is 11.1. The number of hydrogen-bond acceptors (Lipinski definition) is 6. The second-order valence-electron chi connectivity index (χ2n) is 12.7. The smallest absolute Gasteiger partial charge is 0.238 e. The van der Waals surface area contributed by atoms with Crippen molar-refractivity contribution in [2.24, 2.45) is 23.7 Å². The number of halogens is 1. The molecule has 4 aliphatic rings. The summed E-state index contributed by atoms with van der Waals surface area (Å²) >= 11 is 3.43. The summed E-state index contributed by atoms with van der Waals surface area (Å²) in [6.07, 6.45) is 4.02. The Morgan fingerprint density at radius 1 is 0.830 bits per heavy atom. The van der Waals surface area contributed by atoms with Crippen LogP contribution in [0.5, 0.6) is 0 Å². The fraction of sp³-hybridized carbons (Fsp3) is 0.231. The third kappa shape index (κ3) is 4.35. The van der Waals surface area contributed by atoms with Crippen LogP contribution in [0.1, 0.15) is 41.4 Å². The molecule has 234 valence electrons. The van der Waals surface area contributed by atoms with Crippen molar-refractivity contribution in [3.05, 3.63) is 142 Å². The number of carbonyl (C=O) groups excluding carboxylic acids is 4. The topological polar surface area (TPSA) is 105 Å². The molecular weight excluding hydrogens is 658 g/mol. The predicted molar refractivity (Wildman–Crippen MR) is 178 cm³/mol. The minimum absolute atomic E-state index is 0.179. The van der Waals surface area contributed by atoms with Crippen molar-refractivity contribution in [3.63, 3.8) is 0 Å². The largest absolute Gasteiger partial charge is 0.463 e. The molecule has 47 heavy (non-hydrogen) atoms. The number of amides is 2. The molecule has 1 aliphatic heterocycles. The molecule has 2 amide bonds. The Kier molecular flexibility index (Phi) is 7.11. The number of rotatable bonds is 5. The molecule has 0 spiro atoms. The first-order chi connectivity index (χ1) is 22.8. The van der Waals surface area contributed by atoms with Gasteiger partial charge in [-0.1, -0.05) is 88.2 Å². The number of carbonyl (C=O) groups is 4. The van der Waals surface area contributed by atoms with E-state index in [1.165, 1.54) is 11.0 Å². The lowest BCUT2D eigenvalue weighted by Gasteiger charge is -2.54. The highest BCUT2D eigenvalue weighted by Gasteiger charge is 2.66. The molecule has 1 saturated carbocycles. The molecule has 6 atom stereocenters. The van der Waals surface area contributed by atoms with Gasteiger partial charge in [-0.15, -0.1) is 0 Å². The highest BCUT2D eigenvalue weighted by molar-refractivity contribution is 9.10. The maximum absolute atomic E-state index is 14.9. The molecule has 4 aromatic rings. The van der Waals surface area contributed by atoms with Crippen LogP contribution in [0, 0.1) is 23.7 Å². The average molecular weight is 689 g/mol. The maximum atomic E-state index is 14.9. The number of fused-ring (bicyclic) bond motifs is 4. The van der Waals surface area contributed by atoms with Crippen LogP contribution in [0.2, 0.25) is 0 Å². The summed E-state index contributed by atoms with van der Waals surface area (Å²) < 4.78 is 7.06. The van der Waals surface area contributed by atoms with E-state index in [0.29, 0.717) is 40.3 Å². The van der Waals surface area contributed by atoms with E-state index in [1.807, 2.05) is 66.7 Å². The van der Waals surface area contributed by atoms with Crippen molar-refractivity contribution in [1.82, 2.24) is 0 Å². The number of nitrogens with zero attached hydrogens (tertiary/aromatic N) is 1. The zero-order valence-corrected chi connectivity index (χ0v) is 26.8.